The molecule has 0 saturated carbocycles. The van der Waals surface area contributed by atoms with Crippen LogP contribution in [0.25, 0.3) is 0 Å². The summed E-state index contributed by atoms with van der Waals surface area (Å²) in [5.41, 5.74) is 0. The molecule has 0 aliphatic carbocycles. The number of likely N-dealkylation sites (N-methyl/N-ethyl adjacent to an activating group) is 1. The molecule has 0 saturated heterocycles. The maximum Gasteiger partial charge on any atom is 0.234 e. The van der Waals surface area contributed by atoms with Crippen molar-refractivity contribution in [2.24, 2.45) is 0 Å². The number of hydrogen-bond donors (Lipinski definition) is 1. The zero-order valence-corrected chi connectivity index (χ0v) is 9.43. The van der Waals surface area contributed by atoms with Gasteiger partial charge in [0.05, 0.1) is 12.7 Å². The van der Waals surface area contributed by atoms with Crippen molar-refractivity contribution in [1.82, 2.24) is 15.5 Å². The second-order valence-corrected chi connectivity index (χ2v) is 3.75. The highest BCUT2D eigenvalue weighted by atomic mass is 16.5. The number of nitrogens with zero attached hydrogens (tertiary/aromatic N) is 2. The molecule has 2 rings (SSSR count). The van der Waals surface area contributed by atoms with Crippen molar-refractivity contribution < 1.29 is 8.94 Å². The Hall–Kier alpha value is -1.62. The summed E-state index contributed by atoms with van der Waals surface area (Å²) in [4.78, 5) is 4.30. The van der Waals surface area contributed by atoms with E-state index in [2.05, 4.69) is 22.4 Å². The van der Waals surface area contributed by atoms with Gasteiger partial charge in [0.1, 0.15) is 5.76 Å². The lowest BCUT2D eigenvalue weighted by Crippen LogP contribution is -2.24. The maximum atomic E-state index is 5.21. The van der Waals surface area contributed by atoms with Crippen molar-refractivity contribution in [3.05, 3.63) is 35.9 Å². The molecule has 0 aromatic carbocycles. The van der Waals surface area contributed by atoms with Crippen molar-refractivity contribution in [1.29, 1.82) is 0 Å². The molecule has 86 valence electrons. The standard InChI is InChI=1S/C11H15N3O2/c1-8(12-2)6-10-13-11(16-14-10)7-9-4-3-5-15-9/h3-5,8,12H,6-7H2,1-2H3. The molecule has 0 bridgehead atoms. The van der Waals surface area contributed by atoms with E-state index in [1.54, 1.807) is 6.26 Å². The van der Waals surface area contributed by atoms with Crippen LogP contribution in [0.4, 0.5) is 0 Å². The SMILES string of the molecule is CNC(C)Cc1noc(Cc2ccco2)n1. The summed E-state index contributed by atoms with van der Waals surface area (Å²) < 4.78 is 10.3. The van der Waals surface area contributed by atoms with Gasteiger partial charge in [0.15, 0.2) is 5.82 Å². The van der Waals surface area contributed by atoms with Gasteiger partial charge in [-0.05, 0) is 26.1 Å². The van der Waals surface area contributed by atoms with Gasteiger partial charge in [-0.15, -0.1) is 0 Å². The van der Waals surface area contributed by atoms with Crippen LogP contribution in [0.1, 0.15) is 24.4 Å². The van der Waals surface area contributed by atoms with E-state index < -0.39 is 0 Å². The third-order valence-electron chi connectivity index (χ3n) is 2.40. The predicted molar refractivity (Wildman–Crippen MR) is 58.0 cm³/mol. The minimum Gasteiger partial charge on any atom is -0.469 e. The van der Waals surface area contributed by atoms with Crippen LogP contribution in [-0.4, -0.2) is 23.2 Å². The van der Waals surface area contributed by atoms with Crippen molar-refractivity contribution in [2.45, 2.75) is 25.8 Å². The van der Waals surface area contributed by atoms with Crippen molar-refractivity contribution in [2.75, 3.05) is 7.05 Å². The zero-order chi connectivity index (χ0) is 11.4. The fourth-order valence-corrected chi connectivity index (χ4v) is 1.38. The summed E-state index contributed by atoms with van der Waals surface area (Å²) in [6, 6.07) is 4.07. The average Bonchev–Trinajstić information content (AvgIpc) is 2.91. The fraction of sp³-hybridized carbons (Fsp3) is 0.455. The predicted octanol–water partition coefficient (Wildman–Crippen LogP) is 1.40. The molecule has 5 heteroatoms. The van der Waals surface area contributed by atoms with E-state index in [1.807, 2.05) is 19.2 Å². The van der Waals surface area contributed by atoms with Crippen LogP contribution in [0.5, 0.6) is 0 Å². The molecule has 0 aliphatic rings. The Kier molecular flexibility index (Phi) is 3.36. The minimum absolute atomic E-state index is 0.342. The molecule has 1 atom stereocenters. The van der Waals surface area contributed by atoms with Gasteiger partial charge in [-0.2, -0.15) is 4.98 Å². The van der Waals surface area contributed by atoms with Crippen LogP contribution in [0, 0.1) is 0 Å². The van der Waals surface area contributed by atoms with Crippen molar-refractivity contribution in [3.8, 4) is 0 Å². The third kappa shape index (κ3) is 2.70. The zero-order valence-electron chi connectivity index (χ0n) is 9.43. The van der Waals surface area contributed by atoms with Gasteiger partial charge in [-0.1, -0.05) is 5.16 Å². The first-order valence-corrected chi connectivity index (χ1v) is 5.29. The molecular weight excluding hydrogens is 206 g/mol. The quantitative estimate of drug-likeness (QED) is 0.826. The summed E-state index contributed by atoms with van der Waals surface area (Å²) >= 11 is 0. The lowest BCUT2D eigenvalue weighted by molar-refractivity contribution is 0.368. The summed E-state index contributed by atoms with van der Waals surface area (Å²) in [6.45, 7) is 2.07. The molecule has 0 fully saturated rings. The van der Waals surface area contributed by atoms with E-state index in [0.29, 0.717) is 18.4 Å². The Morgan fingerprint density at radius 3 is 3.06 bits per heavy atom. The number of nitrogens with one attached hydrogen (secondary N) is 1. The fourth-order valence-electron chi connectivity index (χ4n) is 1.38. The van der Waals surface area contributed by atoms with Crippen LogP contribution < -0.4 is 5.32 Å². The van der Waals surface area contributed by atoms with E-state index in [-0.39, 0.29) is 0 Å². The number of hydrogen-bond acceptors (Lipinski definition) is 5. The Labute approximate surface area is 93.8 Å². The van der Waals surface area contributed by atoms with Crippen LogP contribution in [-0.2, 0) is 12.8 Å². The Morgan fingerprint density at radius 2 is 2.38 bits per heavy atom. The van der Waals surface area contributed by atoms with E-state index in [9.17, 15) is 0 Å². The monoisotopic (exact) mass is 221 g/mol. The lowest BCUT2D eigenvalue weighted by Gasteiger charge is -2.04. The van der Waals surface area contributed by atoms with E-state index in [4.69, 9.17) is 8.94 Å². The van der Waals surface area contributed by atoms with Gasteiger partial charge in [-0.3, -0.25) is 0 Å². The highest BCUT2D eigenvalue weighted by molar-refractivity contribution is 5.04. The van der Waals surface area contributed by atoms with Crippen LogP contribution in [0.3, 0.4) is 0 Å². The van der Waals surface area contributed by atoms with Crippen molar-refractivity contribution in [3.63, 3.8) is 0 Å². The lowest BCUT2D eigenvalue weighted by atomic mass is 10.2. The highest BCUT2D eigenvalue weighted by Gasteiger charge is 2.10. The van der Waals surface area contributed by atoms with Gasteiger partial charge < -0.3 is 14.3 Å². The molecule has 1 unspecified atom stereocenters. The smallest absolute Gasteiger partial charge is 0.234 e. The molecule has 0 aliphatic heterocycles. The molecule has 16 heavy (non-hydrogen) atoms. The van der Waals surface area contributed by atoms with Gasteiger partial charge in [-0.25, -0.2) is 0 Å². The first-order chi connectivity index (χ1) is 7.78. The molecule has 2 aromatic heterocycles. The average molecular weight is 221 g/mol. The normalized spacial score (nSPS) is 12.9. The third-order valence-corrected chi connectivity index (χ3v) is 2.40. The number of rotatable bonds is 5. The largest absolute Gasteiger partial charge is 0.469 e. The van der Waals surface area contributed by atoms with E-state index in [0.717, 1.165) is 18.0 Å². The summed E-state index contributed by atoms with van der Waals surface area (Å²) in [7, 11) is 1.91. The summed E-state index contributed by atoms with van der Waals surface area (Å²) in [5.74, 6) is 2.15. The first-order valence-electron chi connectivity index (χ1n) is 5.29. The van der Waals surface area contributed by atoms with E-state index >= 15 is 0 Å². The Bertz CT molecular complexity index is 422. The Balaban J connectivity index is 1.97. The van der Waals surface area contributed by atoms with Gasteiger partial charge in [0.2, 0.25) is 5.89 Å². The summed E-state index contributed by atoms with van der Waals surface area (Å²) in [6.07, 6.45) is 2.95. The minimum atomic E-state index is 0.342. The summed E-state index contributed by atoms with van der Waals surface area (Å²) in [5, 5.41) is 7.04. The molecule has 0 amide bonds. The van der Waals surface area contributed by atoms with Crippen molar-refractivity contribution >= 4 is 0 Å². The first kappa shape index (κ1) is 10.9. The number of furan rings is 1. The molecule has 1 N–H and O–H groups in total. The molecule has 2 heterocycles. The van der Waals surface area contributed by atoms with Gasteiger partial charge >= 0.3 is 0 Å². The molecule has 2 aromatic rings. The number of aromatic nitrogens is 2. The second kappa shape index (κ2) is 4.94. The van der Waals surface area contributed by atoms with Gasteiger partial charge in [0.25, 0.3) is 0 Å². The maximum absolute atomic E-state index is 5.21. The Morgan fingerprint density at radius 1 is 1.50 bits per heavy atom. The molecule has 0 radical (unpaired) electrons. The van der Waals surface area contributed by atoms with Crippen LogP contribution in [0.2, 0.25) is 0 Å². The van der Waals surface area contributed by atoms with Gasteiger partial charge in [0, 0.05) is 12.5 Å². The molecular formula is C11H15N3O2. The van der Waals surface area contributed by atoms with Crippen LogP contribution >= 0.6 is 0 Å². The molecule has 5 nitrogen and oxygen atoms in total. The van der Waals surface area contributed by atoms with Crippen LogP contribution in [0.15, 0.2) is 27.3 Å². The second-order valence-electron chi connectivity index (χ2n) is 3.75. The highest BCUT2D eigenvalue weighted by Crippen LogP contribution is 2.08. The molecule has 0 spiro atoms. The topological polar surface area (TPSA) is 64.1 Å². The van der Waals surface area contributed by atoms with E-state index in [1.165, 1.54) is 0 Å².